The fourth-order valence-corrected chi connectivity index (χ4v) is 1.57. The number of aromatic nitrogens is 3. The molecule has 0 spiro atoms. The molecule has 6 nitrogen and oxygen atoms in total. The number of rotatable bonds is 3. The van der Waals surface area contributed by atoms with Crippen LogP contribution in [0.2, 0.25) is 0 Å². The number of aliphatic hydroxyl groups excluding tert-OH is 1. The molecule has 2 aromatic rings. The van der Waals surface area contributed by atoms with Crippen molar-refractivity contribution in [3.05, 3.63) is 41.2 Å². The molecule has 0 aliphatic carbocycles. The van der Waals surface area contributed by atoms with E-state index in [1.54, 1.807) is 24.4 Å². The van der Waals surface area contributed by atoms with E-state index in [0.717, 1.165) is 5.56 Å². The summed E-state index contributed by atoms with van der Waals surface area (Å²) in [5, 5.41) is 17.9. The van der Waals surface area contributed by atoms with Crippen LogP contribution in [0.1, 0.15) is 22.9 Å². The van der Waals surface area contributed by atoms with Crippen molar-refractivity contribution >= 4 is 5.82 Å². The fourth-order valence-electron chi connectivity index (χ4n) is 1.57. The smallest absolute Gasteiger partial charge is 0.233 e. The molecule has 1 unspecified atom stereocenters. The Morgan fingerprint density at radius 3 is 2.72 bits per heavy atom. The van der Waals surface area contributed by atoms with Crippen molar-refractivity contribution in [2.45, 2.75) is 13.0 Å². The molecule has 94 valence electrons. The summed E-state index contributed by atoms with van der Waals surface area (Å²) in [6.45, 7) is 1.88. The molecular formula is C12H14N4O2. The molecule has 18 heavy (non-hydrogen) atoms. The normalized spacial score (nSPS) is 12.2. The van der Waals surface area contributed by atoms with Crippen molar-refractivity contribution in [3.8, 4) is 5.88 Å². The third kappa shape index (κ3) is 2.38. The van der Waals surface area contributed by atoms with Crippen LogP contribution in [0.15, 0.2) is 24.4 Å². The average Bonchev–Trinajstić information content (AvgIpc) is 2.41. The van der Waals surface area contributed by atoms with Gasteiger partial charge in [0.2, 0.25) is 5.88 Å². The van der Waals surface area contributed by atoms with E-state index in [4.69, 9.17) is 10.5 Å². The molecule has 0 radical (unpaired) electrons. The van der Waals surface area contributed by atoms with Gasteiger partial charge in [0.1, 0.15) is 11.9 Å². The first-order chi connectivity index (χ1) is 8.61. The van der Waals surface area contributed by atoms with Gasteiger partial charge in [-0.2, -0.15) is 0 Å². The Labute approximate surface area is 104 Å². The number of nitrogens with two attached hydrogens (primary N) is 1. The summed E-state index contributed by atoms with van der Waals surface area (Å²) in [4.78, 5) is 4.00. The second-order valence-electron chi connectivity index (χ2n) is 3.89. The zero-order valence-corrected chi connectivity index (χ0v) is 10.2. The SMILES string of the molecule is COc1ccc(C(O)c2cc(C)cnc2N)nn1. The maximum Gasteiger partial charge on any atom is 0.233 e. The third-order valence-corrected chi connectivity index (χ3v) is 2.53. The lowest BCUT2D eigenvalue weighted by atomic mass is 10.1. The van der Waals surface area contributed by atoms with Gasteiger partial charge in [-0.05, 0) is 24.6 Å². The Balaban J connectivity index is 2.34. The maximum absolute atomic E-state index is 10.2. The van der Waals surface area contributed by atoms with E-state index in [2.05, 4.69) is 15.2 Å². The highest BCUT2D eigenvalue weighted by atomic mass is 16.5. The molecule has 2 rings (SSSR count). The Bertz CT molecular complexity index is 542. The predicted octanol–water partition coefficient (Wildman–Crippen LogP) is 0.853. The van der Waals surface area contributed by atoms with Crippen LogP contribution in [-0.2, 0) is 0 Å². The minimum absolute atomic E-state index is 0.283. The van der Waals surface area contributed by atoms with Gasteiger partial charge >= 0.3 is 0 Å². The number of nitrogens with zero attached hydrogens (tertiary/aromatic N) is 3. The highest BCUT2D eigenvalue weighted by molar-refractivity contribution is 5.44. The van der Waals surface area contributed by atoms with Gasteiger partial charge in [-0.3, -0.25) is 0 Å². The molecule has 0 saturated carbocycles. The van der Waals surface area contributed by atoms with Crippen LogP contribution >= 0.6 is 0 Å². The van der Waals surface area contributed by atoms with Gasteiger partial charge in [0, 0.05) is 17.8 Å². The summed E-state index contributed by atoms with van der Waals surface area (Å²) >= 11 is 0. The van der Waals surface area contributed by atoms with Gasteiger partial charge in [-0.15, -0.1) is 10.2 Å². The maximum atomic E-state index is 10.2. The highest BCUT2D eigenvalue weighted by Crippen LogP contribution is 2.24. The van der Waals surface area contributed by atoms with E-state index in [1.807, 2.05) is 6.92 Å². The van der Waals surface area contributed by atoms with Gasteiger partial charge in [-0.25, -0.2) is 4.98 Å². The molecule has 0 bridgehead atoms. The largest absolute Gasteiger partial charge is 0.480 e. The fraction of sp³-hybridized carbons (Fsp3) is 0.250. The minimum atomic E-state index is -0.948. The summed E-state index contributed by atoms with van der Waals surface area (Å²) in [5.41, 5.74) is 7.58. The van der Waals surface area contributed by atoms with E-state index in [-0.39, 0.29) is 5.82 Å². The zero-order chi connectivity index (χ0) is 13.1. The quantitative estimate of drug-likeness (QED) is 0.833. The Hall–Kier alpha value is -2.21. The number of pyridine rings is 1. The number of anilines is 1. The van der Waals surface area contributed by atoms with E-state index < -0.39 is 6.10 Å². The summed E-state index contributed by atoms with van der Waals surface area (Å²) < 4.78 is 4.91. The molecule has 0 saturated heterocycles. The molecule has 3 N–H and O–H groups in total. The van der Waals surface area contributed by atoms with Crippen molar-refractivity contribution in [1.82, 2.24) is 15.2 Å². The Kier molecular flexibility index (Phi) is 3.38. The molecule has 0 amide bonds. The van der Waals surface area contributed by atoms with Crippen LogP contribution < -0.4 is 10.5 Å². The number of ether oxygens (including phenoxy) is 1. The Morgan fingerprint density at radius 2 is 2.11 bits per heavy atom. The van der Waals surface area contributed by atoms with Crippen LogP contribution in [0.3, 0.4) is 0 Å². The molecule has 0 fully saturated rings. The predicted molar refractivity (Wildman–Crippen MR) is 66.0 cm³/mol. The summed E-state index contributed by atoms with van der Waals surface area (Å²) in [6, 6.07) is 5.04. The Morgan fingerprint density at radius 1 is 1.33 bits per heavy atom. The molecule has 6 heteroatoms. The van der Waals surface area contributed by atoms with Gasteiger partial charge in [-0.1, -0.05) is 0 Å². The number of aryl methyl sites for hydroxylation is 1. The summed E-state index contributed by atoms with van der Waals surface area (Å²) in [7, 11) is 1.50. The summed E-state index contributed by atoms with van der Waals surface area (Å²) in [5.74, 6) is 0.673. The minimum Gasteiger partial charge on any atom is -0.480 e. The molecule has 0 aliphatic rings. The van der Waals surface area contributed by atoms with Gasteiger partial charge in [0.15, 0.2) is 0 Å². The lowest BCUT2D eigenvalue weighted by Crippen LogP contribution is -2.08. The van der Waals surface area contributed by atoms with Crippen molar-refractivity contribution in [1.29, 1.82) is 0 Å². The van der Waals surface area contributed by atoms with E-state index >= 15 is 0 Å². The van der Waals surface area contributed by atoms with Crippen LogP contribution in [0.5, 0.6) is 5.88 Å². The monoisotopic (exact) mass is 246 g/mol. The number of hydrogen-bond acceptors (Lipinski definition) is 6. The van der Waals surface area contributed by atoms with Crippen molar-refractivity contribution < 1.29 is 9.84 Å². The van der Waals surface area contributed by atoms with Crippen LogP contribution in [0.4, 0.5) is 5.82 Å². The second kappa shape index (κ2) is 4.97. The standard InChI is InChI=1S/C12H14N4O2/c1-7-5-8(12(13)14-6-7)11(17)9-3-4-10(18-2)16-15-9/h3-6,11,17H,1-2H3,(H2,13,14). The number of aliphatic hydroxyl groups is 1. The first-order valence-corrected chi connectivity index (χ1v) is 5.39. The zero-order valence-electron chi connectivity index (χ0n) is 10.2. The molecule has 1 atom stereocenters. The molecular weight excluding hydrogens is 232 g/mol. The van der Waals surface area contributed by atoms with E-state index in [9.17, 15) is 5.11 Å². The molecule has 0 aliphatic heterocycles. The molecule has 2 heterocycles. The molecule has 0 aromatic carbocycles. The van der Waals surface area contributed by atoms with Gasteiger partial charge in [0.05, 0.1) is 12.8 Å². The first kappa shape index (κ1) is 12.3. The van der Waals surface area contributed by atoms with E-state index in [1.165, 1.54) is 7.11 Å². The first-order valence-electron chi connectivity index (χ1n) is 5.39. The van der Waals surface area contributed by atoms with Crippen LogP contribution in [-0.4, -0.2) is 27.4 Å². The third-order valence-electron chi connectivity index (χ3n) is 2.53. The molecule has 2 aromatic heterocycles. The number of nitrogen functional groups attached to an aromatic ring is 1. The van der Waals surface area contributed by atoms with E-state index in [0.29, 0.717) is 17.1 Å². The van der Waals surface area contributed by atoms with Crippen LogP contribution in [0.25, 0.3) is 0 Å². The van der Waals surface area contributed by atoms with Gasteiger partial charge in [0.25, 0.3) is 0 Å². The van der Waals surface area contributed by atoms with Crippen molar-refractivity contribution in [3.63, 3.8) is 0 Å². The average molecular weight is 246 g/mol. The number of hydrogen-bond donors (Lipinski definition) is 2. The lowest BCUT2D eigenvalue weighted by Gasteiger charge is -2.12. The summed E-state index contributed by atoms with van der Waals surface area (Å²) in [6.07, 6.45) is 0.696. The number of methoxy groups -OCH3 is 1. The van der Waals surface area contributed by atoms with Gasteiger partial charge < -0.3 is 15.6 Å². The lowest BCUT2D eigenvalue weighted by molar-refractivity contribution is 0.213. The second-order valence-corrected chi connectivity index (χ2v) is 3.89. The topological polar surface area (TPSA) is 94.2 Å². The van der Waals surface area contributed by atoms with Crippen LogP contribution in [0, 0.1) is 6.92 Å². The van der Waals surface area contributed by atoms with Crippen molar-refractivity contribution in [2.75, 3.05) is 12.8 Å². The van der Waals surface area contributed by atoms with Crippen molar-refractivity contribution in [2.24, 2.45) is 0 Å². The highest BCUT2D eigenvalue weighted by Gasteiger charge is 2.16.